The highest BCUT2D eigenvalue weighted by atomic mass is 35.5. The van der Waals surface area contributed by atoms with Crippen LogP contribution in [-0.2, 0) is 19.6 Å². The lowest BCUT2D eigenvalue weighted by atomic mass is 10.1. The molecule has 10 heteroatoms. The van der Waals surface area contributed by atoms with Crippen LogP contribution in [0, 0.1) is 6.92 Å². The second-order valence-corrected chi connectivity index (χ2v) is 8.97. The number of hydrogen-bond acceptors (Lipinski definition) is 5. The number of anilines is 1. The first-order valence-electron chi connectivity index (χ1n) is 9.02. The summed E-state index contributed by atoms with van der Waals surface area (Å²) >= 11 is 6.05. The molecular formula is C18H26ClN3O5S. The molecule has 1 aromatic rings. The summed E-state index contributed by atoms with van der Waals surface area (Å²) in [5.41, 5.74) is 1.07. The number of amides is 2. The summed E-state index contributed by atoms with van der Waals surface area (Å²) in [6, 6.07) is 3.98. The Kier molecular flexibility index (Phi) is 7.16. The summed E-state index contributed by atoms with van der Waals surface area (Å²) < 4.78 is 31.0. The number of halogens is 1. The molecule has 0 N–H and O–H groups in total. The fourth-order valence-corrected chi connectivity index (χ4v) is 4.57. The molecule has 1 saturated heterocycles. The minimum Gasteiger partial charge on any atom is -0.450 e. The van der Waals surface area contributed by atoms with Crippen LogP contribution in [0.4, 0.5) is 10.5 Å². The number of rotatable bonds is 5. The van der Waals surface area contributed by atoms with Gasteiger partial charge in [0.2, 0.25) is 15.9 Å². The van der Waals surface area contributed by atoms with Gasteiger partial charge in [-0.15, -0.1) is 0 Å². The van der Waals surface area contributed by atoms with E-state index >= 15 is 0 Å². The van der Waals surface area contributed by atoms with Gasteiger partial charge in [0, 0.05) is 31.2 Å². The number of sulfonamides is 1. The van der Waals surface area contributed by atoms with Gasteiger partial charge in [0.15, 0.2) is 0 Å². The maximum Gasteiger partial charge on any atom is 0.409 e. The SMILES string of the molecule is CCOC(=O)N1CCN(C(=O)C(C)N(c2cc(Cl)ccc2C)S(C)(=O)=O)CC1. The van der Waals surface area contributed by atoms with Crippen LogP contribution < -0.4 is 4.31 Å². The van der Waals surface area contributed by atoms with Crippen LogP contribution in [0.25, 0.3) is 0 Å². The molecule has 8 nitrogen and oxygen atoms in total. The van der Waals surface area contributed by atoms with Gasteiger partial charge in [-0.25, -0.2) is 13.2 Å². The normalized spacial score (nSPS) is 15.9. The summed E-state index contributed by atoms with van der Waals surface area (Å²) in [6.45, 7) is 6.65. The zero-order chi connectivity index (χ0) is 21.1. The molecule has 2 rings (SSSR count). The molecule has 1 unspecified atom stereocenters. The number of nitrogens with zero attached hydrogens (tertiary/aromatic N) is 3. The first-order chi connectivity index (χ1) is 13.1. The monoisotopic (exact) mass is 431 g/mol. The van der Waals surface area contributed by atoms with E-state index < -0.39 is 22.2 Å². The molecule has 1 aliphatic heterocycles. The minimum atomic E-state index is -3.73. The summed E-state index contributed by atoms with van der Waals surface area (Å²) in [5, 5.41) is 0.386. The zero-order valence-corrected chi connectivity index (χ0v) is 18.1. The quantitative estimate of drug-likeness (QED) is 0.712. The van der Waals surface area contributed by atoms with Crippen LogP contribution in [0.5, 0.6) is 0 Å². The van der Waals surface area contributed by atoms with E-state index in [4.69, 9.17) is 16.3 Å². The maximum atomic E-state index is 13.0. The van der Waals surface area contributed by atoms with E-state index in [1.54, 1.807) is 43.9 Å². The van der Waals surface area contributed by atoms with Crippen molar-refractivity contribution in [2.45, 2.75) is 26.8 Å². The first-order valence-corrected chi connectivity index (χ1v) is 11.2. The smallest absolute Gasteiger partial charge is 0.409 e. The Morgan fingerprint density at radius 1 is 1.21 bits per heavy atom. The highest BCUT2D eigenvalue weighted by Gasteiger charge is 2.34. The lowest BCUT2D eigenvalue weighted by Crippen LogP contribution is -2.56. The van der Waals surface area contributed by atoms with E-state index in [0.29, 0.717) is 42.5 Å². The van der Waals surface area contributed by atoms with Crippen molar-refractivity contribution in [2.75, 3.05) is 43.3 Å². The van der Waals surface area contributed by atoms with Crippen molar-refractivity contribution >= 4 is 39.3 Å². The maximum absolute atomic E-state index is 13.0. The molecule has 2 amide bonds. The molecule has 1 aliphatic rings. The molecule has 1 atom stereocenters. The number of piperazine rings is 1. The largest absolute Gasteiger partial charge is 0.450 e. The Morgan fingerprint density at radius 3 is 2.32 bits per heavy atom. The van der Waals surface area contributed by atoms with Crippen molar-refractivity contribution in [1.82, 2.24) is 9.80 Å². The highest BCUT2D eigenvalue weighted by Crippen LogP contribution is 2.28. The standard InChI is InChI=1S/C18H26ClN3O5S/c1-5-27-18(24)21-10-8-20(9-11-21)17(23)14(3)22(28(4,25)26)16-12-15(19)7-6-13(16)2/h6-7,12,14H,5,8-11H2,1-4H3. The fraction of sp³-hybridized carbons (Fsp3) is 0.556. The third kappa shape index (κ3) is 5.08. The summed E-state index contributed by atoms with van der Waals surface area (Å²) in [5.74, 6) is -0.326. The molecule has 0 radical (unpaired) electrons. The Balaban J connectivity index is 2.19. The number of ether oxygens (including phenoxy) is 1. The van der Waals surface area contributed by atoms with Gasteiger partial charge in [0.1, 0.15) is 6.04 Å². The summed E-state index contributed by atoms with van der Waals surface area (Å²) in [4.78, 5) is 27.9. The van der Waals surface area contributed by atoms with Gasteiger partial charge >= 0.3 is 6.09 Å². The van der Waals surface area contributed by atoms with Crippen LogP contribution in [0.2, 0.25) is 5.02 Å². The lowest BCUT2D eigenvalue weighted by Gasteiger charge is -2.38. The van der Waals surface area contributed by atoms with Crippen LogP contribution >= 0.6 is 11.6 Å². The van der Waals surface area contributed by atoms with Crippen LogP contribution in [0.1, 0.15) is 19.4 Å². The highest BCUT2D eigenvalue weighted by molar-refractivity contribution is 7.92. The van der Waals surface area contributed by atoms with Crippen molar-refractivity contribution in [3.8, 4) is 0 Å². The van der Waals surface area contributed by atoms with Crippen molar-refractivity contribution in [3.05, 3.63) is 28.8 Å². The number of aryl methyl sites for hydroxylation is 1. The van der Waals surface area contributed by atoms with Crippen LogP contribution in [-0.4, -0.2) is 75.3 Å². The van der Waals surface area contributed by atoms with E-state index in [1.807, 2.05) is 0 Å². The predicted octanol–water partition coefficient (Wildman–Crippen LogP) is 2.10. The van der Waals surface area contributed by atoms with Gasteiger partial charge < -0.3 is 14.5 Å². The van der Waals surface area contributed by atoms with Crippen LogP contribution in [0.3, 0.4) is 0 Å². The lowest BCUT2D eigenvalue weighted by molar-refractivity contribution is -0.133. The van der Waals surface area contributed by atoms with Gasteiger partial charge in [-0.3, -0.25) is 9.10 Å². The molecule has 1 aromatic carbocycles. The molecule has 156 valence electrons. The summed E-state index contributed by atoms with van der Waals surface area (Å²) in [7, 11) is -3.73. The van der Waals surface area contributed by atoms with Gasteiger partial charge in [-0.2, -0.15) is 0 Å². The average molecular weight is 432 g/mol. The fourth-order valence-electron chi connectivity index (χ4n) is 3.18. The van der Waals surface area contributed by atoms with Gasteiger partial charge in [-0.05, 0) is 38.5 Å². The molecule has 0 bridgehead atoms. The molecule has 0 aliphatic carbocycles. The molecule has 0 aromatic heterocycles. The zero-order valence-electron chi connectivity index (χ0n) is 16.5. The molecule has 1 fully saturated rings. The molecule has 1 heterocycles. The Morgan fingerprint density at radius 2 is 1.79 bits per heavy atom. The van der Waals surface area contributed by atoms with Crippen molar-refractivity contribution in [2.24, 2.45) is 0 Å². The predicted molar refractivity (Wildman–Crippen MR) is 108 cm³/mol. The number of carbonyl (C=O) groups is 2. The molecule has 28 heavy (non-hydrogen) atoms. The third-order valence-corrected chi connectivity index (χ3v) is 6.06. The third-order valence-electron chi connectivity index (χ3n) is 4.59. The second-order valence-electron chi connectivity index (χ2n) is 6.68. The van der Waals surface area contributed by atoms with Gasteiger partial charge in [0.25, 0.3) is 0 Å². The van der Waals surface area contributed by atoms with Crippen molar-refractivity contribution in [1.29, 1.82) is 0 Å². The minimum absolute atomic E-state index is 0.289. The van der Waals surface area contributed by atoms with Crippen LogP contribution in [0.15, 0.2) is 18.2 Å². The Bertz CT molecular complexity index is 838. The van der Waals surface area contributed by atoms with Crippen molar-refractivity contribution in [3.63, 3.8) is 0 Å². The van der Waals surface area contributed by atoms with E-state index in [2.05, 4.69) is 0 Å². The van der Waals surface area contributed by atoms with E-state index in [-0.39, 0.29) is 12.5 Å². The number of benzene rings is 1. The second kappa shape index (κ2) is 9.00. The first kappa shape index (κ1) is 22.3. The van der Waals surface area contributed by atoms with Gasteiger partial charge in [-0.1, -0.05) is 17.7 Å². The summed E-state index contributed by atoms with van der Waals surface area (Å²) in [6.07, 6.45) is 0.658. The molecule has 0 spiro atoms. The van der Waals surface area contributed by atoms with Gasteiger partial charge in [0.05, 0.1) is 18.6 Å². The number of hydrogen-bond donors (Lipinski definition) is 0. The van der Waals surface area contributed by atoms with Crippen molar-refractivity contribution < 1.29 is 22.7 Å². The molecule has 0 saturated carbocycles. The van der Waals surface area contributed by atoms with E-state index in [0.717, 1.165) is 10.6 Å². The Hall–Kier alpha value is -2.00. The van der Waals surface area contributed by atoms with E-state index in [9.17, 15) is 18.0 Å². The average Bonchev–Trinajstić information content (AvgIpc) is 2.63. The topological polar surface area (TPSA) is 87.2 Å². The molecular weight excluding hydrogens is 406 g/mol. The number of carbonyl (C=O) groups excluding carboxylic acids is 2. The Labute approximate surface area is 171 Å². The van der Waals surface area contributed by atoms with E-state index in [1.165, 1.54) is 4.90 Å².